The second-order valence-corrected chi connectivity index (χ2v) is 3.51. The van der Waals surface area contributed by atoms with Crippen molar-refractivity contribution in [2.75, 3.05) is 0 Å². The van der Waals surface area contributed by atoms with Gasteiger partial charge in [0.25, 0.3) is 0 Å². The number of hydrogen-bond donors (Lipinski definition) is 2. The number of rotatable bonds is 2. The van der Waals surface area contributed by atoms with E-state index in [1.54, 1.807) is 0 Å². The van der Waals surface area contributed by atoms with Crippen LogP contribution >= 0.6 is 0 Å². The average Bonchev–Trinajstić information content (AvgIpc) is 2.18. The van der Waals surface area contributed by atoms with Crippen molar-refractivity contribution in [2.24, 2.45) is 5.73 Å². The summed E-state index contributed by atoms with van der Waals surface area (Å²) in [6, 6.07) is 1.64. The van der Waals surface area contributed by atoms with Gasteiger partial charge >= 0.3 is 6.18 Å². The molecule has 6 heteroatoms. The van der Waals surface area contributed by atoms with E-state index >= 15 is 0 Å². The molecular formula is C10H11F4NO. The van der Waals surface area contributed by atoms with Crippen molar-refractivity contribution in [1.82, 2.24) is 0 Å². The highest BCUT2D eigenvalue weighted by Crippen LogP contribution is 2.30. The lowest BCUT2D eigenvalue weighted by Gasteiger charge is -2.22. The van der Waals surface area contributed by atoms with E-state index in [1.807, 2.05) is 0 Å². The largest absolute Gasteiger partial charge is 0.416 e. The van der Waals surface area contributed by atoms with Gasteiger partial charge in [0.15, 0.2) is 6.10 Å². The van der Waals surface area contributed by atoms with E-state index in [0.29, 0.717) is 5.56 Å². The minimum atomic E-state index is -4.82. The molecule has 1 aromatic rings. The Morgan fingerprint density at radius 2 is 1.88 bits per heavy atom. The molecule has 0 bridgehead atoms. The molecule has 0 aliphatic heterocycles. The van der Waals surface area contributed by atoms with E-state index in [9.17, 15) is 17.6 Å². The maximum Gasteiger partial charge on any atom is 0.416 e. The van der Waals surface area contributed by atoms with Crippen LogP contribution in [-0.2, 0) is 0 Å². The fraction of sp³-hybridized carbons (Fsp3) is 0.400. The molecule has 0 saturated heterocycles. The molecule has 0 spiro atoms. The summed E-state index contributed by atoms with van der Waals surface area (Å²) in [4.78, 5) is 0. The molecule has 0 amide bonds. The summed E-state index contributed by atoms with van der Waals surface area (Å²) in [6.07, 6.45) is -7.52. The van der Waals surface area contributed by atoms with Gasteiger partial charge < -0.3 is 10.8 Å². The third kappa shape index (κ3) is 2.70. The van der Waals surface area contributed by atoms with Crippen LogP contribution in [0.1, 0.15) is 17.2 Å². The smallest absolute Gasteiger partial charge is 0.382 e. The van der Waals surface area contributed by atoms with Crippen LogP contribution in [0.3, 0.4) is 0 Å². The van der Waals surface area contributed by atoms with E-state index in [1.165, 1.54) is 13.0 Å². The van der Waals surface area contributed by atoms with Crippen molar-refractivity contribution < 1.29 is 22.7 Å². The number of aliphatic hydroxyl groups is 1. The molecule has 2 atom stereocenters. The lowest BCUT2D eigenvalue weighted by Crippen LogP contribution is -2.39. The molecule has 0 fully saturated rings. The van der Waals surface area contributed by atoms with Crippen molar-refractivity contribution in [1.29, 1.82) is 0 Å². The normalized spacial score (nSPS) is 15.9. The number of aryl methyl sites for hydroxylation is 1. The summed E-state index contributed by atoms with van der Waals surface area (Å²) in [6.45, 7) is 1.50. The fourth-order valence-electron chi connectivity index (χ4n) is 1.34. The predicted octanol–water partition coefficient (Wildman–Crippen LogP) is 2.06. The Labute approximate surface area is 89.7 Å². The van der Waals surface area contributed by atoms with Crippen LogP contribution in [0.15, 0.2) is 18.2 Å². The van der Waals surface area contributed by atoms with Gasteiger partial charge in [-0.25, -0.2) is 4.39 Å². The molecule has 1 rings (SSSR count). The molecule has 90 valence electrons. The summed E-state index contributed by atoms with van der Waals surface area (Å²) in [5, 5.41) is 8.95. The molecule has 0 aromatic heterocycles. The van der Waals surface area contributed by atoms with Crippen molar-refractivity contribution >= 4 is 0 Å². The third-order valence-electron chi connectivity index (χ3n) is 2.28. The van der Waals surface area contributed by atoms with Crippen LogP contribution in [-0.4, -0.2) is 17.4 Å². The molecule has 0 unspecified atom stereocenters. The van der Waals surface area contributed by atoms with Gasteiger partial charge in [0, 0.05) is 0 Å². The van der Waals surface area contributed by atoms with Gasteiger partial charge in [0.05, 0.1) is 6.04 Å². The Morgan fingerprint density at radius 1 is 1.31 bits per heavy atom. The first-order valence-corrected chi connectivity index (χ1v) is 4.50. The van der Waals surface area contributed by atoms with Crippen LogP contribution in [0.25, 0.3) is 0 Å². The maximum absolute atomic E-state index is 12.8. The summed E-state index contributed by atoms with van der Waals surface area (Å²) < 4.78 is 49.4. The zero-order valence-electron chi connectivity index (χ0n) is 8.42. The molecule has 0 heterocycles. The fourth-order valence-corrected chi connectivity index (χ4v) is 1.34. The minimum Gasteiger partial charge on any atom is -0.382 e. The number of nitrogens with two attached hydrogens (primary N) is 1. The summed E-state index contributed by atoms with van der Waals surface area (Å²) >= 11 is 0. The average molecular weight is 237 g/mol. The summed E-state index contributed by atoms with van der Waals surface area (Å²) in [5.74, 6) is -0.689. The number of hydrogen-bond acceptors (Lipinski definition) is 2. The van der Waals surface area contributed by atoms with Crippen LogP contribution < -0.4 is 5.73 Å². The summed E-state index contributed by atoms with van der Waals surface area (Å²) in [5.41, 5.74) is 5.61. The van der Waals surface area contributed by atoms with E-state index < -0.39 is 24.1 Å². The highest BCUT2D eigenvalue weighted by Gasteiger charge is 2.43. The van der Waals surface area contributed by atoms with Crippen LogP contribution in [0, 0.1) is 12.7 Å². The highest BCUT2D eigenvalue weighted by atomic mass is 19.4. The first-order valence-electron chi connectivity index (χ1n) is 4.50. The van der Waals surface area contributed by atoms with Gasteiger partial charge in [-0.3, -0.25) is 0 Å². The first-order chi connectivity index (χ1) is 7.23. The predicted molar refractivity (Wildman–Crippen MR) is 50.1 cm³/mol. The van der Waals surface area contributed by atoms with Crippen molar-refractivity contribution in [2.45, 2.75) is 25.2 Å². The summed E-state index contributed by atoms with van der Waals surface area (Å²) in [7, 11) is 0. The third-order valence-corrected chi connectivity index (χ3v) is 2.28. The lowest BCUT2D eigenvalue weighted by atomic mass is 9.97. The van der Waals surface area contributed by atoms with Crippen LogP contribution in [0.2, 0.25) is 0 Å². The monoisotopic (exact) mass is 237 g/mol. The highest BCUT2D eigenvalue weighted by molar-refractivity contribution is 5.30. The lowest BCUT2D eigenvalue weighted by molar-refractivity contribution is -0.210. The van der Waals surface area contributed by atoms with E-state index in [0.717, 1.165) is 12.1 Å². The van der Waals surface area contributed by atoms with Crippen LogP contribution in [0.5, 0.6) is 0 Å². The Hall–Kier alpha value is -1.14. The van der Waals surface area contributed by atoms with Gasteiger partial charge in [-0.05, 0) is 30.2 Å². The number of alkyl halides is 3. The zero-order chi connectivity index (χ0) is 12.5. The molecule has 0 radical (unpaired) electrons. The number of halogens is 4. The Morgan fingerprint density at radius 3 is 2.38 bits per heavy atom. The van der Waals surface area contributed by atoms with Crippen molar-refractivity contribution in [3.63, 3.8) is 0 Å². The standard InChI is InChI=1S/C10H11F4NO/c1-5-2-3-6(11)4-7(5)8(15)9(16)10(12,13)14/h2-4,8-9,16H,15H2,1H3/t8-,9-/m0/s1. The molecular weight excluding hydrogens is 226 g/mol. The van der Waals surface area contributed by atoms with Gasteiger partial charge in [0.2, 0.25) is 0 Å². The Balaban J connectivity index is 3.05. The Kier molecular flexibility index (Phi) is 3.54. The quantitative estimate of drug-likeness (QED) is 0.773. The zero-order valence-corrected chi connectivity index (χ0v) is 8.42. The molecule has 0 aliphatic carbocycles. The van der Waals surface area contributed by atoms with E-state index in [-0.39, 0.29) is 5.56 Å². The van der Waals surface area contributed by atoms with Gasteiger partial charge in [0.1, 0.15) is 5.82 Å². The van der Waals surface area contributed by atoms with E-state index in [4.69, 9.17) is 10.8 Å². The maximum atomic E-state index is 12.8. The minimum absolute atomic E-state index is 0.0511. The molecule has 2 nitrogen and oxygen atoms in total. The van der Waals surface area contributed by atoms with E-state index in [2.05, 4.69) is 0 Å². The molecule has 0 aliphatic rings. The van der Waals surface area contributed by atoms with Crippen molar-refractivity contribution in [3.8, 4) is 0 Å². The van der Waals surface area contributed by atoms with Gasteiger partial charge in [-0.1, -0.05) is 6.07 Å². The second-order valence-electron chi connectivity index (χ2n) is 3.51. The molecule has 0 saturated carbocycles. The topological polar surface area (TPSA) is 46.2 Å². The SMILES string of the molecule is Cc1ccc(F)cc1[C@H](N)[C@H](O)C(F)(F)F. The first kappa shape index (κ1) is 12.9. The van der Waals surface area contributed by atoms with Gasteiger partial charge in [-0.2, -0.15) is 13.2 Å². The number of benzene rings is 1. The second kappa shape index (κ2) is 4.39. The molecule has 1 aromatic carbocycles. The molecule has 16 heavy (non-hydrogen) atoms. The van der Waals surface area contributed by atoms with Crippen molar-refractivity contribution in [3.05, 3.63) is 35.1 Å². The number of aliphatic hydroxyl groups excluding tert-OH is 1. The molecule has 3 N–H and O–H groups in total. The van der Waals surface area contributed by atoms with Crippen LogP contribution in [0.4, 0.5) is 17.6 Å². The Bertz CT molecular complexity index is 378. The van der Waals surface area contributed by atoms with Gasteiger partial charge in [-0.15, -0.1) is 0 Å².